The fraction of sp³-hybridized carbons (Fsp3) is 0.188. The number of methoxy groups -OCH3 is 2. The molecule has 2 rings (SSSR count). The van der Waals surface area contributed by atoms with Gasteiger partial charge in [0, 0.05) is 4.47 Å². The lowest BCUT2D eigenvalue weighted by molar-refractivity contribution is -0.384. The number of ether oxygens (including phenoxy) is 2. The van der Waals surface area contributed by atoms with Crippen LogP contribution in [0.5, 0.6) is 11.5 Å². The number of nitrogens with one attached hydrogen (secondary N) is 1. The van der Waals surface area contributed by atoms with Crippen LogP contribution in [-0.4, -0.2) is 25.1 Å². The maximum Gasteiger partial charge on any atom is 0.296 e. The lowest BCUT2D eigenvalue weighted by atomic mass is 10.1. The molecule has 0 aliphatic heterocycles. The van der Waals surface area contributed by atoms with Gasteiger partial charge in [-0.3, -0.25) is 14.9 Å². The first-order chi connectivity index (χ1) is 11.4. The summed E-state index contributed by atoms with van der Waals surface area (Å²) in [5.74, 6) is 0.229. The van der Waals surface area contributed by atoms with Gasteiger partial charge in [-0.1, -0.05) is 15.9 Å². The molecule has 7 nitrogen and oxygen atoms in total. The number of nitro benzene ring substituents is 1. The number of halogens is 1. The van der Waals surface area contributed by atoms with Gasteiger partial charge in [0.2, 0.25) is 0 Å². The molecule has 0 aromatic heterocycles. The number of carbonyl (C=O) groups excluding carboxylic acids is 1. The molecule has 2 aromatic carbocycles. The van der Waals surface area contributed by atoms with Gasteiger partial charge in [0.25, 0.3) is 11.6 Å². The van der Waals surface area contributed by atoms with Gasteiger partial charge in [-0.05, 0) is 36.8 Å². The van der Waals surface area contributed by atoms with E-state index in [0.717, 1.165) is 5.56 Å². The Morgan fingerprint density at radius 1 is 1.21 bits per heavy atom. The summed E-state index contributed by atoms with van der Waals surface area (Å²) in [7, 11) is 2.87. The lowest BCUT2D eigenvalue weighted by Gasteiger charge is -2.13. The molecule has 0 aliphatic carbocycles. The molecule has 24 heavy (non-hydrogen) atoms. The summed E-state index contributed by atoms with van der Waals surface area (Å²) in [6, 6.07) is 7.61. The number of benzene rings is 2. The number of hydrogen-bond acceptors (Lipinski definition) is 5. The second-order valence-corrected chi connectivity index (χ2v) is 5.81. The molecular formula is C16H15BrN2O5. The van der Waals surface area contributed by atoms with Crippen LogP contribution in [0.4, 0.5) is 11.4 Å². The third-order valence-corrected chi connectivity index (χ3v) is 3.80. The molecule has 0 saturated heterocycles. The molecule has 0 unspecified atom stereocenters. The molecule has 0 fully saturated rings. The fourth-order valence-corrected chi connectivity index (χ4v) is 2.83. The van der Waals surface area contributed by atoms with Gasteiger partial charge in [-0.2, -0.15) is 0 Å². The second-order valence-electron chi connectivity index (χ2n) is 4.90. The number of carbonyl (C=O) groups is 1. The van der Waals surface area contributed by atoms with Crippen molar-refractivity contribution >= 4 is 33.2 Å². The molecule has 0 saturated carbocycles. The van der Waals surface area contributed by atoms with Crippen LogP contribution < -0.4 is 14.8 Å². The zero-order valence-corrected chi connectivity index (χ0v) is 14.8. The van der Waals surface area contributed by atoms with E-state index in [1.54, 1.807) is 13.0 Å². The highest BCUT2D eigenvalue weighted by Gasteiger charge is 2.21. The molecule has 0 spiro atoms. The summed E-state index contributed by atoms with van der Waals surface area (Å²) < 4.78 is 10.9. The molecule has 1 N–H and O–H groups in total. The molecule has 0 bridgehead atoms. The number of nitro groups is 1. The van der Waals surface area contributed by atoms with Crippen molar-refractivity contribution in [2.24, 2.45) is 0 Å². The highest BCUT2D eigenvalue weighted by atomic mass is 79.9. The van der Waals surface area contributed by atoms with E-state index in [1.165, 1.54) is 32.4 Å². The van der Waals surface area contributed by atoms with Crippen molar-refractivity contribution in [1.82, 2.24) is 0 Å². The van der Waals surface area contributed by atoms with E-state index in [2.05, 4.69) is 21.2 Å². The molecule has 0 atom stereocenters. The van der Waals surface area contributed by atoms with E-state index < -0.39 is 10.8 Å². The minimum atomic E-state index is -0.582. The van der Waals surface area contributed by atoms with Gasteiger partial charge < -0.3 is 14.8 Å². The molecule has 2 aromatic rings. The number of aryl methyl sites for hydroxylation is 1. The predicted octanol–water partition coefficient (Wildman–Crippen LogP) is 3.94. The second kappa shape index (κ2) is 7.31. The summed E-state index contributed by atoms with van der Waals surface area (Å²) >= 11 is 3.33. The topological polar surface area (TPSA) is 90.7 Å². The van der Waals surface area contributed by atoms with Crippen molar-refractivity contribution in [2.75, 3.05) is 19.5 Å². The zero-order valence-electron chi connectivity index (χ0n) is 13.3. The van der Waals surface area contributed by atoms with Crippen molar-refractivity contribution in [3.63, 3.8) is 0 Å². The molecule has 1 amide bonds. The summed E-state index contributed by atoms with van der Waals surface area (Å²) in [6.07, 6.45) is 0. The minimum Gasteiger partial charge on any atom is -0.496 e. The number of anilines is 1. The van der Waals surface area contributed by atoms with Crippen molar-refractivity contribution in [3.8, 4) is 11.5 Å². The molecule has 126 valence electrons. The van der Waals surface area contributed by atoms with Crippen LogP contribution in [0, 0.1) is 17.0 Å². The SMILES string of the molecule is COc1ccc(NC(=O)c2cc(Br)cc(C)c2OC)c([N+](=O)[O-])c1. The van der Waals surface area contributed by atoms with E-state index in [0.29, 0.717) is 16.0 Å². The largest absolute Gasteiger partial charge is 0.496 e. The van der Waals surface area contributed by atoms with Crippen LogP contribution in [-0.2, 0) is 0 Å². The van der Waals surface area contributed by atoms with E-state index in [4.69, 9.17) is 9.47 Å². The Morgan fingerprint density at radius 2 is 1.92 bits per heavy atom. The lowest BCUT2D eigenvalue weighted by Crippen LogP contribution is -2.15. The van der Waals surface area contributed by atoms with Crippen molar-refractivity contribution in [3.05, 3.63) is 56.0 Å². The normalized spacial score (nSPS) is 10.2. The first-order valence-corrected chi connectivity index (χ1v) is 7.64. The van der Waals surface area contributed by atoms with E-state index in [9.17, 15) is 14.9 Å². The maximum atomic E-state index is 12.6. The van der Waals surface area contributed by atoms with Crippen LogP contribution >= 0.6 is 15.9 Å². The number of amides is 1. The molecule has 0 heterocycles. The third kappa shape index (κ3) is 3.65. The monoisotopic (exact) mass is 394 g/mol. The number of rotatable bonds is 5. The summed E-state index contributed by atoms with van der Waals surface area (Å²) in [6.45, 7) is 1.80. The van der Waals surface area contributed by atoms with E-state index in [1.807, 2.05) is 6.07 Å². The Hall–Kier alpha value is -2.61. The van der Waals surface area contributed by atoms with Crippen LogP contribution in [0.15, 0.2) is 34.8 Å². The zero-order chi connectivity index (χ0) is 17.9. The number of nitrogens with zero attached hydrogens (tertiary/aromatic N) is 1. The van der Waals surface area contributed by atoms with Crippen molar-refractivity contribution in [1.29, 1.82) is 0 Å². The van der Waals surface area contributed by atoms with Crippen LogP contribution in [0.3, 0.4) is 0 Å². The summed E-state index contributed by atoms with van der Waals surface area (Å²) in [4.78, 5) is 23.2. The van der Waals surface area contributed by atoms with Crippen molar-refractivity contribution < 1.29 is 19.2 Å². The Balaban J connectivity index is 2.42. The van der Waals surface area contributed by atoms with Gasteiger partial charge in [0.05, 0.1) is 30.8 Å². The maximum absolute atomic E-state index is 12.6. The van der Waals surface area contributed by atoms with Gasteiger partial charge >= 0.3 is 0 Å². The predicted molar refractivity (Wildman–Crippen MR) is 93.0 cm³/mol. The quantitative estimate of drug-likeness (QED) is 0.612. The molecule has 0 aliphatic rings. The Kier molecular flexibility index (Phi) is 5.40. The molecular weight excluding hydrogens is 380 g/mol. The third-order valence-electron chi connectivity index (χ3n) is 3.34. The average molecular weight is 395 g/mol. The van der Waals surface area contributed by atoms with Crippen LogP contribution in [0.1, 0.15) is 15.9 Å². The van der Waals surface area contributed by atoms with Gasteiger partial charge in [0.15, 0.2) is 0 Å². The summed E-state index contributed by atoms with van der Waals surface area (Å²) in [5, 5.41) is 13.8. The highest BCUT2D eigenvalue weighted by Crippen LogP contribution is 2.32. The van der Waals surface area contributed by atoms with Gasteiger partial charge in [-0.25, -0.2) is 0 Å². The highest BCUT2D eigenvalue weighted by molar-refractivity contribution is 9.10. The standard InChI is InChI=1S/C16H15BrN2O5/c1-9-6-10(17)7-12(15(9)24-3)16(20)18-13-5-4-11(23-2)8-14(13)19(21)22/h4-8H,1-3H3,(H,18,20). The van der Waals surface area contributed by atoms with E-state index >= 15 is 0 Å². The Bertz CT molecular complexity index is 807. The first kappa shape index (κ1) is 17.7. The fourth-order valence-electron chi connectivity index (χ4n) is 2.25. The number of hydrogen-bond donors (Lipinski definition) is 1. The molecule has 8 heteroatoms. The van der Waals surface area contributed by atoms with Gasteiger partial charge in [-0.15, -0.1) is 0 Å². The van der Waals surface area contributed by atoms with Gasteiger partial charge in [0.1, 0.15) is 17.2 Å². The van der Waals surface area contributed by atoms with Crippen LogP contribution in [0.25, 0.3) is 0 Å². The van der Waals surface area contributed by atoms with Crippen LogP contribution in [0.2, 0.25) is 0 Å². The van der Waals surface area contributed by atoms with E-state index in [-0.39, 0.29) is 16.9 Å². The Morgan fingerprint density at radius 3 is 2.50 bits per heavy atom. The van der Waals surface area contributed by atoms with Crippen molar-refractivity contribution in [2.45, 2.75) is 6.92 Å². The Labute approximate surface area is 146 Å². The molecule has 0 radical (unpaired) electrons. The summed E-state index contributed by atoms with van der Waals surface area (Å²) in [5.41, 5.74) is 0.856. The smallest absolute Gasteiger partial charge is 0.296 e. The minimum absolute atomic E-state index is 0.0745. The first-order valence-electron chi connectivity index (χ1n) is 6.85. The average Bonchev–Trinajstić information content (AvgIpc) is 2.54.